The summed E-state index contributed by atoms with van der Waals surface area (Å²) in [4.78, 5) is 24.4. The smallest absolute Gasteiger partial charge is 0.247 e. The third-order valence-corrected chi connectivity index (χ3v) is 5.05. The molecule has 4 rings (SSSR count). The third kappa shape index (κ3) is 2.56. The normalized spacial score (nSPS) is 17.3. The summed E-state index contributed by atoms with van der Waals surface area (Å²) >= 11 is 1.56. The summed E-state index contributed by atoms with van der Waals surface area (Å²) in [6.07, 6.45) is 3.23. The number of hydrogen-bond acceptors (Lipinski definition) is 6. The van der Waals surface area contributed by atoms with E-state index in [1.54, 1.807) is 41.9 Å². The second kappa shape index (κ2) is 6.09. The minimum absolute atomic E-state index is 0.0673. The lowest BCUT2D eigenvalue weighted by Gasteiger charge is -2.25. The van der Waals surface area contributed by atoms with E-state index >= 15 is 0 Å². The summed E-state index contributed by atoms with van der Waals surface area (Å²) < 4.78 is 0. The molecule has 1 saturated heterocycles. The summed E-state index contributed by atoms with van der Waals surface area (Å²) in [5, 5.41) is 15.6. The number of amides is 1. The van der Waals surface area contributed by atoms with E-state index < -0.39 is 0 Å². The van der Waals surface area contributed by atoms with Gasteiger partial charge < -0.3 is 15.3 Å². The Morgan fingerprint density at radius 3 is 3.04 bits per heavy atom. The Hall–Kier alpha value is -2.67. The molecule has 1 aromatic carbocycles. The second-order valence-electron chi connectivity index (χ2n) is 5.69. The van der Waals surface area contributed by atoms with Crippen LogP contribution in [0, 0.1) is 0 Å². The molecule has 1 fully saturated rings. The Kier molecular flexibility index (Phi) is 3.78. The zero-order valence-electron chi connectivity index (χ0n) is 12.8. The minimum Gasteiger partial charge on any atom is -0.506 e. The number of rotatable bonds is 3. The van der Waals surface area contributed by atoms with E-state index in [4.69, 9.17) is 0 Å². The van der Waals surface area contributed by atoms with Crippen LogP contribution >= 0.6 is 11.3 Å². The number of phenolic OH excluding ortho intramolecular Hbond substituents is 1. The van der Waals surface area contributed by atoms with Gasteiger partial charge in [-0.3, -0.25) is 4.79 Å². The molecule has 0 aliphatic carbocycles. The van der Waals surface area contributed by atoms with Crippen molar-refractivity contribution in [2.24, 2.45) is 0 Å². The van der Waals surface area contributed by atoms with Gasteiger partial charge in [0.25, 0.3) is 0 Å². The Labute approximate surface area is 142 Å². The number of aromatic nitrogens is 2. The number of phenols is 1. The molecule has 1 amide bonds. The van der Waals surface area contributed by atoms with Crippen molar-refractivity contribution in [2.45, 2.75) is 18.9 Å². The fourth-order valence-electron chi connectivity index (χ4n) is 3.09. The van der Waals surface area contributed by atoms with Gasteiger partial charge in [0.05, 0.1) is 11.1 Å². The first-order valence-corrected chi connectivity index (χ1v) is 8.66. The standard InChI is InChI=1S/C17H16N4O2S/c22-14-6-2-1-4-12(14)20-16(23)13-5-3-8-21(13)15-11-7-9-24-17(11)19-10-18-15/h1-2,4,6-7,9-10,13,22H,3,5,8H2,(H,20,23)/t13-/m1/s1. The molecule has 1 atom stereocenters. The van der Waals surface area contributed by atoms with Gasteiger partial charge in [-0.2, -0.15) is 0 Å². The molecule has 0 unspecified atom stereocenters. The van der Waals surface area contributed by atoms with Gasteiger partial charge in [0.15, 0.2) is 0 Å². The maximum Gasteiger partial charge on any atom is 0.247 e. The van der Waals surface area contributed by atoms with Gasteiger partial charge in [-0.05, 0) is 36.4 Å². The lowest BCUT2D eigenvalue weighted by Crippen LogP contribution is -2.40. The molecule has 0 radical (unpaired) electrons. The van der Waals surface area contributed by atoms with E-state index in [0.717, 1.165) is 35.4 Å². The van der Waals surface area contributed by atoms with Crippen LogP contribution in [0.5, 0.6) is 5.75 Å². The van der Waals surface area contributed by atoms with Crippen LogP contribution in [-0.2, 0) is 4.79 Å². The Balaban J connectivity index is 1.62. The number of benzene rings is 1. The SMILES string of the molecule is O=C(Nc1ccccc1O)[C@H]1CCCN1c1ncnc2sccc12. The fourth-order valence-corrected chi connectivity index (χ4v) is 3.82. The topological polar surface area (TPSA) is 78.4 Å². The highest BCUT2D eigenvalue weighted by atomic mass is 32.1. The molecule has 6 nitrogen and oxygen atoms in total. The number of nitrogens with one attached hydrogen (secondary N) is 1. The maximum atomic E-state index is 12.7. The highest BCUT2D eigenvalue weighted by molar-refractivity contribution is 7.16. The summed E-state index contributed by atoms with van der Waals surface area (Å²) in [5.41, 5.74) is 0.428. The van der Waals surface area contributed by atoms with Crippen LogP contribution in [0.4, 0.5) is 11.5 Å². The number of hydrogen-bond donors (Lipinski definition) is 2. The lowest BCUT2D eigenvalue weighted by molar-refractivity contribution is -0.117. The predicted molar refractivity (Wildman–Crippen MR) is 94.5 cm³/mol. The van der Waals surface area contributed by atoms with Crippen molar-refractivity contribution in [3.05, 3.63) is 42.0 Å². The molecule has 0 bridgehead atoms. The van der Waals surface area contributed by atoms with Crippen molar-refractivity contribution >= 4 is 39.0 Å². The van der Waals surface area contributed by atoms with Crippen molar-refractivity contribution < 1.29 is 9.90 Å². The molecule has 2 aromatic heterocycles. The first kappa shape index (κ1) is 14.9. The second-order valence-corrected chi connectivity index (χ2v) is 6.59. The summed E-state index contributed by atoms with van der Waals surface area (Å²) in [7, 11) is 0. The van der Waals surface area contributed by atoms with E-state index in [0.29, 0.717) is 5.69 Å². The number of para-hydroxylation sites is 2. The van der Waals surface area contributed by atoms with Crippen LogP contribution in [0.3, 0.4) is 0 Å². The first-order valence-electron chi connectivity index (χ1n) is 7.78. The number of thiophene rings is 1. The van der Waals surface area contributed by atoms with E-state index in [1.165, 1.54) is 0 Å². The van der Waals surface area contributed by atoms with Crippen LogP contribution in [0.1, 0.15) is 12.8 Å². The number of anilines is 2. The molecule has 3 aromatic rings. The molecular weight excluding hydrogens is 324 g/mol. The molecule has 1 aliphatic rings. The Morgan fingerprint density at radius 2 is 2.17 bits per heavy atom. The molecular formula is C17H16N4O2S. The fraction of sp³-hybridized carbons (Fsp3) is 0.235. The van der Waals surface area contributed by atoms with Crippen molar-refractivity contribution in [2.75, 3.05) is 16.8 Å². The lowest BCUT2D eigenvalue weighted by atomic mass is 10.2. The van der Waals surface area contributed by atoms with Gasteiger partial charge >= 0.3 is 0 Å². The first-order chi connectivity index (χ1) is 11.7. The number of aromatic hydroxyl groups is 1. The molecule has 7 heteroatoms. The molecule has 0 spiro atoms. The number of carbonyl (C=O) groups is 1. The van der Waals surface area contributed by atoms with Crippen molar-refractivity contribution in [3.8, 4) is 5.75 Å². The van der Waals surface area contributed by atoms with Gasteiger partial charge in [-0.1, -0.05) is 12.1 Å². The molecule has 0 saturated carbocycles. The van der Waals surface area contributed by atoms with Crippen LogP contribution < -0.4 is 10.2 Å². The predicted octanol–water partition coefficient (Wildman–Crippen LogP) is 3.00. The van der Waals surface area contributed by atoms with Gasteiger partial charge in [-0.25, -0.2) is 9.97 Å². The van der Waals surface area contributed by atoms with E-state index in [-0.39, 0.29) is 17.7 Å². The summed E-state index contributed by atoms with van der Waals surface area (Å²) in [6.45, 7) is 0.779. The quantitative estimate of drug-likeness (QED) is 0.717. The van der Waals surface area contributed by atoms with Gasteiger partial charge in [0, 0.05) is 6.54 Å². The average molecular weight is 340 g/mol. The highest BCUT2D eigenvalue weighted by Gasteiger charge is 2.33. The zero-order chi connectivity index (χ0) is 16.5. The van der Waals surface area contributed by atoms with E-state index in [1.807, 2.05) is 16.3 Å². The average Bonchev–Trinajstić information content (AvgIpc) is 3.25. The zero-order valence-corrected chi connectivity index (χ0v) is 13.7. The van der Waals surface area contributed by atoms with Gasteiger partial charge in [-0.15, -0.1) is 11.3 Å². The molecule has 3 heterocycles. The third-order valence-electron chi connectivity index (χ3n) is 4.23. The number of carbonyl (C=O) groups excluding carboxylic acids is 1. The largest absolute Gasteiger partial charge is 0.506 e. The van der Waals surface area contributed by atoms with Crippen molar-refractivity contribution in [3.63, 3.8) is 0 Å². The van der Waals surface area contributed by atoms with Crippen LogP contribution in [0.2, 0.25) is 0 Å². The number of nitrogens with zero attached hydrogens (tertiary/aromatic N) is 3. The van der Waals surface area contributed by atoms with Gasteiger partial charge in [0.1, 0.15) is 28.8 Å². The van der Waals surface area contributed by atoms with Crippen LogP contribution in [0.25, 0.3) is 10.2 Å². The van der Waals surface area contributed by atoms with E-state index in [2.05, 4.69) is 15.3 Å². The van der Waals surface area contributed by atoms with Crippen LogP contribution in [-0.4, -0.2) is 33.6 Å². The minimum atomic E-state index is -0.303. The number of fused-ring (bicyclic) bond motifs is 1. The van der Waals surface area contributed by atoms with Crippen LogP contribution in [0.15, 0.2) is 42.0 Å². The van der Waals surface area contributed by atoms with Gasteiger partial charge in [0.2, 0.25) is 5.91 Å². The summed E-state index contributed by atoms with van der Waals surface area (Å²) in [5.74, 6) is 0.741. The molecule has 24 heavy (non-hydrogen) atoms. The Morgan fingerprint density at radius 1 is 1.29 bits per heavy atom. The maximum absolute atomic E-state index is 12.7. The molecule has 2 N–H and O–H groups in total. The van der Waals surface area contributed by atoms with E-state index in [9.17, 15) is 9.90 Å². The molecule has 122 valence electrons. The van der Waals surface area contributed by atoms with Crippen molar-refractivity contribution in [1.29, 1.82) is 0 Å². The van der Waals surface area contributed by atoms with Crippen molar-refractivity contribution in [1.82, 2.24) is 9.97 Å². The molecule has 1 aliphatic heterocycles. The monoisotopic (exact) mass is 340 g/mol. The summed E-state index contributed by atoms with van der Waals surface area (Å²) in [6, 6.07) is 8.44. The Bertz CT molecular complexity index is 895. The highest BCUT2D eigenvalue weighted by Crippen LogP contribution is 2.32.